The van der Waals surface area contributed by atoms with Gasteiger partial charge in [0, 0.05) is 18.5 Å². The topological polar surface area (TPSA) is 106 Å². The predicted molar refractivity (Wildman–Crippen MR) is 132 cm³/mol. The van der Waals surface area contributed by atoms with Crippen LogP contribution >= 0.6 is 11.8 Å². The van der Waals surface area contributed by atoms with Gasteiger partial charge in [-0.2, -0.15) is 0 Å². The van der Waals surface area contributed by atoms with Crippen LogP contribution in [0.1, 0.15) is 39.2 Å². The van der Waals surface area contributed by atoms with Gasteiger partial charge in [-0.1, -0.05) is 68.9 Å². The maximum atomic E-state index is 12.6. The van der Waals surface area contributed by atoms with Gasteiger partial charge >= 0.3 is 0 Å². The number of para-hydroxylation sites is 2. The van der Waals surface area contributed by atoms with Crippen LogP contribution in [0.5, 0.6) is 0 Å². The molecule has 2 heterocycles. The van der Waals surface area contributed by atoms with Crippen molar-refractivity contribution in [3.8, 4) is 11.4 Å². The molecule has 1 aliphatic rings. The molecule has 4 rings (SSSR count). The van der Waals surface area contributed by atoms with Gasteiger partial charge in [-0.3, -0.25) is 9.59 Å². The van der Waals surface area contributed by atoms with E-state index >= 15 is 0 Å². The fraction of sp³-hybridized carbons (Fsp3) is 0.333. The molecule has 0 unspecified atom stereocenters. The number of nitrogens with zero attached hydrogens (tertiary/aromatic N) is 4. The van der Waals surface area contributed by atoms with E-state index < -0.39 is 0 Å². The van der Waals surface area contributed by atoms with E-state index in [0.717, 1.165) is 17.7 Å². The molecule has 0 radical (unpaired) electrons. The molecule has 0 aliphatic carbocycles. The van der Waals surface area contributed by atoms with Gasteiger partial charge in [-0.15, -0.1) is 10.2 Å². The van der Waals surface area contributed by atoms with E-state index in [4.69, 9.17) is 5.84 Å². The van der Waals surface area contributed by atoms with Crippen LogP contribution in [-0.4, -0.2) is 39.0 Å². The Morgan fingerprint density at radius 2 is 1.85 bits per heavy atom. The first-order chi connectivity index (χ1) is 15.7. The molecule has 172 valence electrons. The van der Waals surface area contributed by atoms with Gasteiger partial charge in [0.1, 0.15) is 0 Å². The Balaban J connectivity index is 1.41. The molecular formula is C24H28N6O2S. The first-order valence-electron chi connectivity index (χ1n) is 10.9. The number of nitrogens with two attached hydrogens (primary N) is 1. The molecule has 0 bridgehead atoms. The average Bonchev–Trinajstić information content (AvgIpc) is 3.37. The van der Waals surface area contributed by atoms with Crippen LogP contribution in [0, 0.1) is 0 Å². The smallest absolute Gasteiger partial charge is 0.234 e. The zero-order valence-electron chi connectivity index (χ0n) is 19.0. The highest BCUT2D eigenvalue weighted by Crippen LogP contribution is 2.30. The molecule has 2 amide bonds. The van der Waals surface area contributed by atoms with E-state index in [2.05, 4.69) is 48.4 Å². The number of thioether (sulfide) groups is 1. The van der Waals surface area contributed by atoms with Crippen LogP contribution in [0.25, 0.3) is 11.4 Å². The largest absolute Gasteiger partial charge is 0.335 e. The molecule has 1 saturated heterocycles. The third-order valence-electron chi connectivity index (χ3n) is 5.55. The lowest BCUT2D eigenvalue weighted by Crippen LogP contribution is -2.26. The van der Waals surface area contributed by atoms with Gasteiger partial charge in [0.25, 0.3) is 0 Å². The Labute approximate surface area is 197 Å². The number of aromatic nitrogens is 3. The minimum absolute atomic E-state index is 0.0595. The first kappa shape index (κ1) is 22.8. The number of hydrogen-bond donors (Lipinski definition) is 2. The lowest BCUT2D eigenvalue weighted by atomic mass is 9.87. The van der Waals surface area contributed by atoms with Crippen molar-refractivity contribution < 1.29 is 9.59 Å². The number of benzene rings is 2. The van der Waals surface area contributed by atoms with E-state index in [1.54, 1.807) is 11.0 Å². The molecule has 9 heteroatoms. The second-order valence-corrected chi connectivity index (χ2v) is 9.95. The number of carbonyl (C=O) groups is 2. The highest BCUT2D eigenvalue weighted by Gasteiger charge is 2.24. The summed E-state index contributed by atoms with van der Waals surface area (Å²) in [6, 6.07) is 15.4. The molecule has 1 aromatic heterocycles. The summed E-state index contributed by atoms with van der Waals surface area (Å²) >= 11 is 1.21. The molecule has 0 spiro atoms. The van der Waals surface area contributed by atoms with Crippen molar-refractivity contribution in [1.29, 1.82) is 0 Å². The minimum Gasteiger partial charge on any atom is -0.335 e. The van der Waals surface area contributed by atoms with E-state index in [-0.39, 0.29) is 23.0 Å². The van der Waals surface area contributed by atoms with E-state index in [9.17, 15) is 9.59 Å². The monoisotopic (exact) mass is 464 g/mol. The van der Waals surface area contributed by atoms with Crippen LogP contribution in [0.15, 0.2) is 53.7 Å². The number of nitrogens with one attached hydrogen (secondary N) is 1. The van der Waals surface area contributed by atoms with E-state index in [1.807, 2.05) is 30.3 Å². The number of rotatable bonds is 6. The van der Waals surface area contributed by atoms with Crippen molar-refractivity contribution in [2.24, 2.45) is 0 Å². The molecular weight excluding hydrogens is 436 g/mol. The van der Waals surface area contributed by atoms with Crippen molar-refractivity contribution in [3.63, 3.8) is 0 Å². The second-order valence-electron chi connectivity index (χ2n) is 9.01. The summed E-state index contributed by atoms with van der Waals surface area (Å²) in [6.45, 7) is 7.15. The lowest BCUT2D eigenvalue weighted by molar-refractivity contribution is -0.117. The molecule has 8 nitrogen and oxygen atoms in total. The van der Waals surface area contributed by atoms with Crippen molar-refractivity contribution in [2.75, 3.05) is 28.4 Å². The molecule has 1 fully saturated rings. The van der Waals surface area contributed by atoms with Gasteiger partial charge in [-0.25, -0.2) is 4.68 Å². The third kappa shape index (κ3) is 5.03. The van der Waals surface area contributed by atoms with Crippen molar-refractivity contribution in [3.05, 3.63) is 54.1 Å². The summed E-state index contributed by atoms with van der Waals surface area (Å²) in [7, 11) is 0. The summed E-state index contributed by atoms with van der Waals surface area (Å²) in [5.74, 6) is 6.73. The molecule has 33 heavy (non-hydrogen) atoms. The number of amides is 2. The molecule has 0 atom stereocenters. The third-order valence-corrected chi connectivity index (χ3v) is 6.49. The number of carbonyl (C=O) groups excluding carboxylic acids is 2. The van der Waals surface area contributed by atoms with Crippen LogP contribution < -0.4 is 16.1 Å². The van der Waals surface area contributed by atoms with Crippen LogP contribution in [0.4, 0.5) is 11.4 Å². The van der Waals surface area contributed by atoms with Gasteiger partial charge in [0.15, 0.2) is 5.82 Å². The highest BCUT2D eigenvalue weighted by atomic mass is 32.2. The van der Waals surface area contributed by atoms with E-state index in [0.29, 0.717) is 29.6 Å². The summed E-state index contributed by atoms with van der Waals surface area (Å²) in [5.41, 5.74) is 3.48. The molecule has 1 aliphatic heterocycles. The normalized spacial score (nSPS) is 14.0. The van der Waals surface area contributed by atoms with Crippen molar-refractivity contribution in [1.82, 2.24) is 14.9 Å². The Morgan fingerprint density at radius 3 is 2.52 bits per heavy atom. The maximum absolute atomic E-state index is 12.6. The zero-order chi connectivity index (χ0) is 23.6. The molecule has 2 aromatic carbocycles. The fourth-order valence-corrected chi connectivity index (χ4v) is 4.38. The van der Waals surface area contributed by atoms with Crippen LogP contribution in [0.2, 0.25) is 0 Å². The standard InChI is InChI=1S/C24H28N6O2S/c1-24(2,3)17-12-10-16(11-13-17)22-27-28-23(30(22)25)33-15-20(31)26-18-7-4-5-8-19(18)29-14-6-9-21(29)32/h4-5,7-8,10-13H,6,9,14-15,25H2,1-3H3,(H,26,31). The molecule has 0 saturated carbocycles. The minimum atomic E-state index is -0.210. The Kier molecular flexibility index (Phi) is 6.42. The summed E-state index contributed by atoms with van der Waals surface area (Å²) in [4.78, 5) is 26.5. The van der Waals surface area contributed by atoms with Crippen LogP contribution in [0.3, 0.4) is 0 Å². The quantitative estimate of drug-likeness (QED) is 0.424. The van der Waals surface area contributed by atoms with Gasteiger partial charge < -0.3 is 16.1 Å². The Bertz CT molecular complexity index is 1170. The van der Waals surface area contributed by atoms with Crippen molar-refractivity contribution >= 4 is 35.0 Å². The van der Waals surface area contributed by atoms with E-state index in [1.165, 1.54) is 22.0 Å². The number of nitrogen functional groups attached to an aromatic ring is 1. The predicted octanol–water partition coefficient (Wildman–Crippen LogP) is 3.81. The SMILES string of the molecule is CC(C)(C)c1ccc(-c2nnc(SCC(=O)Nc3ccccc3N3CCCC3=O)n2N)cc1. The fourth-order valence-electron chi connectivity index (χ4n) is 3.73. The summed E-state index contributed by atoms with van der Waals surface area (Å²) < 4.78 is 1.40. The number of hydrogen-bond acceptors (Lipinski definition) is 6. The highest BCUT2D eigenvalue weighted by molar-refractivity contribution is 7.99. The Hall–Kier alpha value is -3.33. The Morgan fingerprint density at radius 1 is 1.12 bits per heavy atom. The molecule has 3 aromatic rings. The maximum Gasteiger partial charge on any atom is 0.234 e. The van der Waals surface area contributed by atoms with Gasteiger partial charge in [0.2, 0.25) is 17.0 Å². The van der Waals surface area contributed by atoms with Crippen LogP contribution in [-0.2, 0) is 15.0 Å². The van der Waals surface area contributed by atoms with Crippen molar-refractivity contribution in [2.45, 2.75) is 44.2 Å². The lowest BCUT2D eigenvalue weighted by Gasteiger charge is -2.19. The average molecular weight is 465 g/mol. The summed E-state index contributed by atoms with van der Waals surface area (Å²) in [6.07, 6.45) is 1.36. The van der Waals surface area contributed by atoms with Gasteiger partial charge in [-0.05, 0) is 29.5 Å². The zero-order valence-corrected chi connectivity index (χ0v) is 19.9. The summed E-state index contributed by atoms with van der Waals surface area (Å²) in [5, 5.41) is 11.7. The molecule has 3 N–H and O–H groups in total. The van der Waals surface area contributed by atoms with Gasteiger partial charge in [0.05, 0.1) is 17.1 Å². The first-order valence-corrected chi connectivity index (χ1v) is 11.9. The second kappa shape index (κ2) is 9.27. The number of anilines is 2.